The topological polar surface area (TPSA) is 68.4 Å². The van der Waals surface area contributed by atoms with E-state index in [1.807, 2.05) is 0 Å². The van der Waals surface area contributed by atoms with E-state index in [-0.39, 0.29) is 5.15 Å². The predicted octanol–water partition coefficient (Wildman–Crippen LogP) is 1.13. The zero-order valence-electron chi connectivity index (χ0n) is 10.5. The van der Waals surface area contributed by atoms with Crippen molar-refractivity contribution < 1.29 is 9.76 Å². The number of nitrogen functional groups attached to an aromatic ring is 1. The van der Waals surface area contributed by atoms with Crippen LogP contribution in [0.25, 0.3) is 0 Å². The van der Waals surface area contributed by atoms with Gasteiger partial charge in [0.2, 0.25) is 0 Å². The summed E-state index contributed by atoms with van der Waals surface area (Å²) in [5.41, 5.74) is 5.03. The van der Waals surface area contributed by atoms with E-state index in [4.69, 9.17) is 22.0 Å². The first-order valence-corrected chi connectivity index (χ1v) is 5.66. The third kappa shape index (κ3) is 3.59. The molecule has 0 saturated carbocycles. The number of anilines is 1. The van der Waals surface area contributed by atoms with Crippen molar-refractivity contribution >= 4 is 30.2 Å². The lowest BCUT2D eigenvalue weighted by atomic mass is 9.83. The third-order valence-electron chi connectivity index (χ3n) is 2.85. The second-order valence-electron chi connectivity index (χ2n) is 4.95. The lowest BCUT2D eigenvalue weighted by Crippen LogP contribution is -2.49. The summed E-state index contributed by atoms with van der Waals surface area (Å²) in [7, 11) is 1.51. The lowest BCUT2D eigenvalue weighted by Gasteiger charge is -2.37. The van der Waals surface area contributed by atoms with Gasteiger partial charge in [-0.2, -0.15) is 0 Å². The lowest BCUT2D eigenvalue weighted by molar-refractivity contribution is -0.0893. The van der Waals surface area contributed by atoms with Crippen LogP contribution in [0.3, 0.4) is 0 Å². The van der Waals surface area contributed by atoms with Crippen molar-refractivity contribution in [2.45, 2.75) is 38.9 Å². The Morgan fingerprint density at radius 3 is 2.47 bits per heavy atom. The Hall–Kier alpha value is -0.775. The van der Waals surface area contributed by atoms with Crippen LogP contribution in [0.5, 0.6) is 0 Å². The largest absolute Gasteiger partial charge is 0.427 e. The summed E-state index contributed by atoms with van der Waals surface area (Å²) >= 11 is 5.71. The van der Waals surface area contributed by atoms with E-state index in [2.05, 4.69) is 4.98 Å². The molecule has 3 N–H and O–H groups in total. The zero-order chi connectivity index (χ0) is 13.3. The molecule has 93 valence electrons. The van der Waals surface area contributed by atoms with E-state index < -0.39 is 11.2 Å². The molecule has 17 heavy (non-hydrogen) atoms. The van der Waals surface area contributed by atoms with Crippen LogP contribution >= 0.6 is 11.6 Å². The summed E-state index contributed by atoms with van der Waals surface area (Å²) in [6.07, 6.45) is 1.55. The molecule has 0 bridgehead atoms. The van der Waals surface area contributed by atoms with E-state index in [0.717, 1.165) is 0 Å². The summed E-state index contributed by atoms with van der Waals surface area (Å²) in [5.74, 6) is 0. The van der Waals surface area contributed by atoms with Crippen LogP contribution in [0.4, 0.5) is 5.69 Å². The Balaban J connectivity index is 2.71. The Labute approximate surface area is 107 Å². The van der Waals surface area contributed by atoms with E-state index in [1.54, 1.807) is 40.0 Å². The standard InChI is InChI=1S/C11H17BClN2O2/c1-10(2,16)11(3,4)17-12-7-5-8(14)9(13)15-6-7/h5-6,16H,14H2,1-4H3. The fraction of sp³-hybridized carbons (Fsp3) is 0.545. The summed E-state index contributed by atoms with van der Waals surface area (Å²) in [4.78, 5) is 3.91. The number of rotatable bonds is 4. The van der Waals surface area contributed by atoms with Crippen LogP contribution in [0.1, 0.15) is 27.7 Å². The first-order chi connectivity index (χ1) is 7.63. The van der Waals surface area contributed by atoms with Gasteiger partial charge in [-0.15, -0.1) is 0 Å². The van der Waals surface area contributed by atoms with Crippen LogP contribution in [-0.2, 0) is 4.65 Å². The summed E-state index contributed by atoms with van der Waals surface area (Å²) < 4.78 is 5.56. The SMILES string of the molecule is CC(C)(O)C(C)(C)O[B]c1cnc(Cl)c(N)c1. The van der Waals surface area contributed by atoms with Gasteiger partial charge in [-0.25, -0.2) is 4.98 Å². The molecular weight excluding hydrogens is 238 g/mol. The molecule has 0 aliphatic rings. The Bertz CT molecular complexity index is 405. The highest BCUT2D eigenvalue weighted by atomic mass is 35.5. The zero-order valence-corrected chi connectivity index (χ0v) is 11.2. The van der Waals surface area contributed by atoms with E-state index in [9.17, 15) is 5.11 Å². The quantitative estimate of drug-likeness (QED) is 0.625. The van der Waals surface area contributed by atoms with Gasteiger partial charge in [-0.1, -0.05) is 11.6 Å². The van der Waals surface area contributed by atoms with Gasteiger partial charge in [0.15, 0.2) is 5.15 Å². The molecule has 6 heteroatoms. The summed E-state index contributed by atoms with van der Waals surface area (Å²) in [6, 6.07) is 1.66. The fourth-order valence-corrected chi connectivity index (χ4v) is 1.01. The minimum Gasteiger partial charge on any atom is -0.427 e. The van der Waals surface area contributed by atoms with Crippen molar-refractivity contribution in [2.75, 3.05) is 5.73 Å². The average molecular weight is 256 g/mol. The number of hydrogen-bond donors (Lipinski definition) is 2. The normalized spacial score (nSPS) is 12.6. The molecule has 0 spiro atoms. The van der Waals surface area contributed by atoms with Crippen LogP contribution < -0.4 is 11.2 Å². The minimum atomic E-state index is -0.963. The number of pyridine rings is 1. The van der Waals surface area contributed by atoms with Crippen LogP contribution in [0, 0.1) is 0 Å². The predicted molar refractivity (Wildman–Crippen MR) is 70.5 cm³/mol. The molecule has 0 saturated heterocycles. The third-order valence-corrected chi connectivity index (χ3v) is 3.17. The molecule has 4 nitrogen and oxygen atoms in total. The van der Waals surface area contributed by atoms with Gasteiger partial charge in [-0.3, -0.25) is 0 Å². The smallest absolute Gasteiger partial charge is 0.332 e. The van der Waals surface area contributed by atoms with Gasteiger partial charge in [0.05, 0.1) is 16.9 Å². The van der Waals surface area contributed by atoms with Crippen molar-refractivity contribution in [3.63, 3.8) is 0 Å². The van der Waals surface area contributed by atoms with Crippen LogP contribution in [0.15, 0.2) is 12.3 Å². The minimum absolute atomic E-state index is 0.267. The van der Waals surface area contributed by atoms with Gasteiger partial charge in [0, 0.05) is 6.20 Å². The number of nitrogens with two attached hydrogens (primary N) is 1. The molecule has 0 aromatic carbocycles. The van der Waals surface area contributed by atoms with Gasteiger partial charge < -0.3 is 15.5 Å². The summed E-state index contributed by atoms with van der Waals surface area (Å²) in [6.45, 7) is 6.98. The van der Waals surface area contributed by atoms with Crippen molar-refractivity contribution in [2.24, 2.45) is 0 Å². The van der Waals surface area contributed by atoms with Crippen LogP contribution in [0.2, 0.25) is 5.15 Å². The van der Waals surface area contributed by atoms with Gasteiger partial charge >= 0.3 is 7.48 Å². The number of nitrogens with zero attached hydrogens (tertiary/aromatic N) is 1. The molecule has 0 amide bonds. The van der Waals surface area contributed by atoms with Crippen LogP contribution in [-0.4, -0.2) is 28.8 Å². The molecule has 1 aromatic heterocycles. The average Bonchev–Trinajstić information content (AvgIpc) is 2.18. The number of aromatic nitrogens is 1. The number of halogens is 1. The van der Waals surface area contributed by atoms with Gasteiger partial charge in [-0.05, 0) is 39.2 Å². The maximum atomic E-state index is 9.92. The number of hydrogen-bond acceptors (Lipinski definition) is 4. The first-order valence-electron chi connectivity index (χ1n) is 5.28. The highest BCUT2D eigenvalue weighted by molar-refractivity contribution is 6.47. The van der Waals surface area contributed by atoms with E-state index in [1.165, 1.54) is 7.48 Å². The van der Waals surface area contributed by atoms with Crippen molar-refractivity contribution in [1.82, 2.24) is 4.98 Å². The molecule has 0 aliphatic heterocycles. The Morgan fingerprint density at radius 1 is 1.41 bits per heavy atom. The van der Waals surface area contributed by atoms with Crippen molar-refractivity contribution in [1.29, 1.82) is 0 Å². The van der Waals surface area contributed by atoms with Crippen molar-refractivity contribution in [3.05, 3.63) is 17.4 Å². The molecule has 1 heterocycles. The van der Waals surface area contributed by atoms with E-state index >= 15 is 0 Å². The van der Waals surface area contributed by atoms with Gasteiger partial charge in [0.1, 0.15) is 0 Å². The molecular formula is C11H17BClN2O2. The molecule has 1 aromatic rings. The Morgan fingerprint density at radius 2 is 2.00 bits per heavy atom. The number of aliphatic hydroxyl groups is 1. The molecule has 0 unspecified atom stereocenters. The monoisotopic (exact) mass is 255 g/mol. The second kappa shape index (κ2) is 4.84. The van der Waals surface area contributed by atoms with E-state index in [0.29, 0.717) is 11.2 Å². The summed E-state index contributed by atoms with van der Waals surface area (Å²) in [5, 5.41) is 10.2. The molecule has 1 rings (SSSR count). The molecule has 0 aliphatic carbocycles. The highest BCUT2D eigenvalue weighted by Gasteiger charge is 2.35. The Kier molecular flexibility index (Phi) is 4.07. The molecule has 1 radical (unpaired) electrons. The van der Waals surface area contributed by atoms with Gasteiger partial charge in [0.25, 0.3) is 0 Å². The van der Waals surface area contributed by atoms with Crippen molar-refractivity contribution in [3.8, 4) is 0 Å². The molecule has 0 fully saturated rings. The maximum absolute atomic E-state index is 9.92. The first kappa shape index (κ1) is 14.3. The fourth-order valence-electron chi connectivity index (χ4n) is 0.906. The second-order valence-corrected chi connectivity index (χ2v) is 5.31. The maximum Gasteiger partial charge on any atom is 0.332 e. The molecule has 0 atom stereocenters. The highest BCUT2D eigenvalue weighted by Crippen LogP contribution is 2.24.